The minimum absolute atomic E-state index is 0.0955. The zero-order chi connectivity index (χ0) is 15.4. The standard InChI is InChI=1S/C16H20N4O2/c1-20-9-8-18-15(20)14(12-4-10-22-11-5-12)19-16(21)13-2-6-17-7-3-13/h2-3,6-9,12,14H,4-5,10-11H2,1H3,(H,19,21)/t14-/m1/s1. The van der Waals surface area contributed by atoms with Gasteiger partial charge in [0.2, 0.25) is 0 Å². The van der Waals surface area contributed by atoms with E-state index >= 15 is 0 Å². The number of imidazole rings is 1. The lowest BCUT2D eigenvalue weighted by molar-refractivity contribution is 0.0499. The van der Waals surface area contributed by atoms with Crippen molar-refractivity contribution >= 4 is 5.91 Å². The minimum atomic E-state index is -0.107. The Labute approximate surface area is 129 Å². The van der Waals surface area contributed by atoms with Gasteiger partial charge in [-0.2, -0.15) is 0 Å². The molecule has 1 N–H and O–H groups in total. The van der Waals surface area contributed by atoms with Crippen molar-refractivity contribution in [2.24, 2.45) is 13.0 Å². The summed E-state index contributed by atoms with van der Waals surface area (Å²) in [5, 5.41) is 3.14. The predicted octanol–water partition coefficient (Wildman–Crippen LogP) is 1.71. The number of nitrogens with zero attached hydrogens (tertiary/aromatic N) is 3. The average Bonchev–Trinajstić information content (AvgIpc) is 3.00. The number of nitrogens with one attached hydrogen (secondary N) is 1. The summed E-state index contributed by atoms with van der Waals surface area (Å²) in [5.41, 5.74) is 0.612. The Kier molecular flexibility index (Phi) is 4.48. The molecule has 3 rings (SSSR count). The van der Waals surface area contributed by atoms with Gasteiger partial charge < -0.3 is 14.6 Å². The molecule has 1 aliphatic rings. The molecule has 2 aromatic heterocycles. The van der Waals surface area contributed by atoms with Crippen LogP contribution in [0, 0.1) is 5.92 Å². The molecule has 0 radical (unpaired) electrons. The topological polar surface area (TPSA) is 69.0 Å². The van der Waals surface area contributed by atoms with E-state index in [0.29, 0.717) is 11.5 Å². The van der Waals surface area contributed by atoms with Crippen LogP contribution in [0.5, 0.6) is 0 Å². The highest BCUT2D eigenvalue weighted by Crippen LogP contribution is 2.29. The van der Waals surface area contributed by atoms with Crippen LogP contribution in [-0.4, -0.2) is 33.7 Å². The highest BCUT2D eigenvalue weighted by atomic mass is 16.5. The number of pyridine rings is 1. The SMILES string of the molecule is Cn1ccnc1[C@H](NC(=O)c1ccncc1)C1CCOCC1. The number of aryl methyl sites for hydroxylation is 1. The van der Waals surface area contributed by atoms with Crippen LogP contribution in [-0.2, 0) is 11.8 Å². The monoisotopic (exact) mass is 300 g/mol. The molecule has 6 nitrogen and oxygen atoms in total. The van der Waals surface area contributed by atoms with Crippen LogP contribution in [0.1, 0.15) is 35.1 Å². The quantitative estimate of drug-likeness (QED) is 0.933. The Morgan fingerprint density at radius 1 is 1.32 bits per heavy atom. The first-order chi connectivity index (χ1) is 10.8. The van der Waals surface area contributed by atoms with Crippen molar-refractivity contribution in [2.45, 2.75) is 18.9 Å². The van der Waals surface area contributed by atoms with E-state index in [-0.39, 0.29) is 11.9 Å². The van der Waals surface area contributed by atoms with Crippen molar-refractivity contribution in [3.8, 4) is 0 Å². The van der Waals surface area contributed by atoms with Crippen molar-refractivity contribution in [3.05, 3.63) is 48.3 Å². The maximum absolute atomic E-state index is 12.5. The normalized spacial score (nSPS) is 17.1. The van der Waals surface area contributed by atoms with Crippen molar-refractivity contribution in [2.75, 3.05) is 13.2 Å². The number of carbonyl (C=O) groups is 1. The summed E-state index contributed by atoms with van der Waals surface area (Å²) in [6, 6.07) is 3.33. The summed E-state index contributed by atoms with van der Waals surface area (Å²) in [7, 11) is 1.95. The smallest absolute Gasteiger partial charge is 0.251 e. The number of amides is 1. The molecule has 0 aromatic carbocycles. The molecular weight excluding hydrogens is 280 g/mol. The maximum atomic E-state index is 12.5. The van der Waals surface area contributed by atoms with E-state index in [0.717, 1.165) is 31.9 Å². The number of carbonyl (C=O) groups excluding carboxylic acids is 1. The zero-order valence-electron chi connectivity index (χ0n) is 12.6. The van der Waals surface area contributed by atoms with Gasteiger partial charge in [0.05, 0.1) is 6.04 Å². The van der Waals surface area contributed by atoms with E-state index < -0.39 is 0 Å². The van der Waals surface area contributed by atoms with Crippen LogP contribution < -0.4 is 5.32 Å². The van der Waals surface area contributed by atoms with Gasteiger partial charge in [0, 0.05) is 50.6 Å². The van der Waals surface area contributed by atoms with Gasteiger partial charge >= 0.3 is 0 Å². The van der Waals surface area contributed by atoms with E-state index in [4.69, 9.17) is 4.74 Å². The van der Waals surface area contributed by atoms with E-state index in [1.165, 1.54) is 0 Å². The molecule has 1 amide bonds. The lowest BCUT2D eigenvalue weighted by Gasteiger charge is -2.30. The maximum Gasteiger partial charge on any atom is 0.251 e. The van der Waals surface area contributed by atoms with Gasteiger partial charge in [-0.3, -0.25) is 9.78 Å². The number of rotatable bonds is 4. The van der Waals surface area contributed by atoms with Crippen molar-refractivity contribution < 1.29 is 9.53 Å². The first-order valence-corrected chi connectivity index (χ1v) is 7.51. The molecule has 6 heteroatoms. The van der Waals surface area contributed by atoms with E-state index in [2.05, 4.69) is 15.3 Å². The minimum Gasteiger partial charge on any atom is -0.381 e. The van der Waals surface area contributed by atoms with Crippen molar-refractivity contribution in [1.29, 1.82) is 0 Å². The van der Waals surface area contributed by atoms with E-state index in [9.17, 15) is 4.79 Å². The molecule has 0 spiro atoms. The zero-order valence-corrected chi connectivity index (χ0v) is 12.6. The Balaban J connectivity index is 1.82. The number of aromatic nitrogens is 3. The summed E-state index contributed by atoms with van der Waals surface area (Å²) in [5.74, 6) is 1.12. The number of ether oxygens (including phenoxy) is 1. The third-order valence-electron chi connectivity index (χ3n) is 4.10. The Hall–Kier alpha value is -2.21. The molecule has 2 aromatic rings. The molecule has 0 unspecified atom stereocenters. The van der Waals surface area contributed by atoms with Gasteiger partial charge in [-0.15, -0.1) is 0 Å². The Bertz CT molecular complexity index is 620. The first kappa shape index (κ1) is 14.7. The van der Waals surface area contributed by atoms with Crippen LogP contribution in [0.2, 0.25) is 0 Å². The summed E-state index contributed by atoms with van der Waals surface area (Å²) in [6.45, 7) is 1.47. The molecule has 1 aliphatic heterocycles. The highest BCUT2D eigenvalue weighted by molar-refractivity contribution is 5.94. The predicted molar refractivity (Wildman–Crippen MR) is 81.2 cm³/mol. The molecule has 3 heterocycles. The van der Waals surface area contributed by atoms with Crippen LogP contribution in [0.25, 0.3) is 0 Å². The highest BCUT2D eigenvalue weighted by Gasteiger charge is 2.29. The molecule has 1 saturated heterocycles. The van der Waals surface area contributed by atoms with E-state index in [1.807, 2.05) is 17.8 Å². The van der Waals surface area contributed by atoms with Crippen LogP contribution in [0.15, 0.2) is 36.9 Å². The van der Waals surface area contributed by atoms with Crippen molar-refractivity contribution in [3.63, 3.8) is 0 Å². The van der Waals surface area contributed by atoms with E-state index in [1.54, 1.807) is 30.7 Å². The van der Waals surface area contributed by atoms with Gasteiger partial charge in [-0.05, 0) is 30.9 Å². The molecule has 0 aliphatic carbocycles. The fourth-order valence-electron chi connectivity index (χ4n) is 2.85. The van der Waals surface area contributed by atoms with Gasteiger partial charge in [0.15, 0.2) is 0 Å². The Morgan fingerprint density at radius 3 is 2.68 bits per heavy atom. The fourth-order valence-corrected chi connectivity index (χ4v) is 2.85. The summed E-state index contributed by atoms with van der Waals surface area (Å²) < 4.78 is 7.40. The van der Waals surface area contributed by atoms with Gasteiger partial charge in [-0.1, -0.05) is 0 Å². The Morgan fingerprint density at radius 2 is 2.05 bits per heavy atom. The molecule has 0 saturated carbocycles. The van der Waals surface area contributed by atoms with Crippen LogP contribution >= 0.6 is 0 Å². The largest absolute Gasteiger partial charge is 0.381 e. The molecular formula is C16H20N4O2. The molecule has 1 fully saturated rings. The molecule has 1 atom stereocenters. The molecule has 22 heavy (non-hydrogen) atoms. The van der Waals surface area contributed by atoms with Gasteiger partial charge in [0.25, 0.3) is 5.91 Å². The van der Waals surface area contributed by atoms with Crippen molar-refractivity contribution in [1.82, 2.24) is 19.9 Å². The second kappa shape index (κ2) is 6.70. The lowest BCUT2D eigenvalue weighted by Crippen LogP contribution is -2.37. The van der Waals surface area contributed by atoms with Gasteiger partial charge in [-0.25, -0.2) is 4.98 Å². The summed E-state index contributed by atoms with van der Waals surface area (Å²) in [6.07, 6.45) is 8.76. The lowest BCUT2D eigenvalue weighted by atomic mass is 9.91. The van der Waals surface area contributed by atoms with Gasteiger partial charge in [0.1, 0.15) is 5.82 Å². The molecule has 0 bridgehead atoms. The average molecular weight is 300 g/mol. The molecule has 116 valence electrons. The number of hydrogen-bond donors (Lipinski definition) is 1. The fraction of sp³-hybridized carbons (Fsp3) is 0.438. The van der Waals surface area contributed by atoms with Crippen LogP contribution in [0.4, 0.5) is 0 Å². The summed E-state index contributed by atoms with van der Waals surface area (Å²) >= 11 is 0. The second-order valence-electron chi connectivity index (χ2n) is 5.53. The second-order valence-corrected chi connectivity index (χ2v) is 5.53. The third kappa shape index (κ3) is 3.17. The van der Waals surface area contributed by atoms with Crippen LogP contribution in [0.3, 0.4) is 0 Å². The first-order valence-electron chi connectivity index (χ1n) is 7.51. The number of hydrogen-bond acceptors (Lipinski definition) is 4. The summed E-state index contributed by atoms with van der Waals surface area (Å²) in [4.78, 5) is 20.9. The third-order valence-corrected chi connectivity index (χ3v) is 4.10.